The zero-order valence-electron chi connectivity index (χ0n) is 14.7. The van der Waals surface area contributed by atoms with Crippen molar-refractivity contribution >= 4 is 21.8 Å². The number of nitrogens with one attached hydrogen (secondary N) is 1. The molecule has 0 bridgehead atoms. The van der Waals surface area contributed by atoms with Crippen LogP contribution in [-0.4, -0.2) is 61.2 Å². The third kappa shape index (κ3) is 3.33. The highest BCUT2D eigenvalue weighted by atomic mass is 32.2. The van der Waals surface area contributed by atoms with Gasteiger partial charge in [0.05, 0.1) is 0 Å². The van der Waals surface area contributed by atoms with Crippen molar-refractivity contribution in [3.05, 3.63) is 30.1 Å². The van der Waals surface area contributed by atoms with Gasteiger partial charge in [0.15, 0.2) is 0 Å². The maximum Gasteiger partial charge on any atom is 0.246 e. The molecule has 0 radical (unpaired) electrons. The molecule has 1 N–H and O–H groups in total. The average Bonchev–Trinajstić information content (AvgIpc) is 2.59. The molecule has 3 rings (SSSR count). The highest BCUT2D eigenvalue weighted by Gasteiger charge is 2.46. The van der Waals surface area contributed by atoms with E-state index in [1.54, 1.807) is 0 Å². The van der Waals surface area contributed by atoms with E-state index in [-0.39, 0.29) is 37.4 Å². The largest absolute Gasteiger partial charge is 0.342 e. The van der Waals surface area contributed by atoms with Crippen LogP contribution in [-0.2, 0) is 19.6 Å². The number of hydrogen-bond acceptors (Lipinski definition) is 4. The molecule has 2 saturated heterocycles. The molecule has 142 valence electrons. The van der Waals surface area contributed by atoms with Crippen LogP contribution < -0.4 is 5.32 Å². The second kappa shape index (κ2) is 6.96. The van der Waals surface area contributed by atoms with Gasteiger partial charge in [-0.3, -0.25) is 9.59 Å². The van der Waals surface area contributed by atoms with Crippen LogP contribution in [0.2, 0.25) is 0 Å². The van der Waals surface area contributed by atoms with E-state index in [2.05, 4.69) is 5.32 Å². The Kier molecular flexibility index (Phi) is 5.03. The fourth-order valence-corrected chi connectivity index (χ4v) is 4.92. The fraction of sp³-hybridized carbons (Fsp3) is 0.529. The zero-order valence-corrected chi connectivity index (χ0v) is 15.5. The monoisotopic (exact) mass is 383 g/mol. The molecule has 26 heavy (non-hydrogen) atoms. The molecule has 2 aliphatic heterocycles. The molecule has 2 amide bonds. The summed E-state index contributed by atoms with van der Waals surface area (Å²) >= 11 is 0. The van der Waals surface area contributed by atoms with Crippen molar-refractivity contribution < 1.29 is 22.4 Å². The molecule has 0 unspecified atom stereocenters. The zero-order chi connectivity index (χ0) is 19.1. The number of amides is 2. The number of halogens is 1. The van der Waals surface area contributed by atoms with Crippen LogP contribution in [0.3, 0.4) is 0 Å². The molecule has 0 aliphatic carbocycles. The van der Waals surface area contributed by atoms with E-state index in [9.17, 15) is 22.4 Å². The number of sulfonamides is 1. The normalized spacial score (nSPS) is 24.5. The summed E-state index contributed by atoms with van der Waals surface area (Å²) in [5.74, 6) is -1.16. The first-order valence-corrected chi connectivity index (χ1v) is 10.0. The third-order valence-electron chi connectivity index (χ3n) is 4.70. The quantitative estimate of drug-likeness (QED) is 0.824. The fourth-order valence-electron chi connectivity index (χ4n) is 3.42. The van der Waals surface area contributed by atoms with Crippen LogP contribution in [0.4, 0.5) is 4.39 Å². The van der Waals surface area contributed by atoms with E-state index in [1.165, 1.54) is 23.1 Å². The SMILES string of the molecule is CC(C)C[C@@H]1NC(=O)[C@H]2CN(S(=O)(=O)c3ccccc3F)CCN2C1=O. The Bertz CT molecular complexity index is 827. The Morgan fingerprint density at radius 3 is 2.58 bits per heavy atom. The topological polar surface area (TPSA) is 86.8 Å². The molecule has 9 heteroatoms. The van der Waals surface area contributed by atoms with Crippen molar-refractivity contribution in [3.8, 4) is 0 Å². The number of carbonyl (C=O) groups is 2. The Labute approximate surface area is 152 Å². The van der Waals surface area contributed by atoms with Gasteiger partial charge in [-0.25, -0.2) is 12.8 Å². The van der Waals surface area contributed by atoms with Crippen LogP contribution in [0.1, 0.15) is 20.3 Å². The second-order valence-electron chi connectivity index (χ2n) is 7.03. The average molecular weight is 383 g/mol. The van der Waals surface area contributed by atoms with Crippen molar-refractivity contribution in [2.45, 2.75) is 37.2 Å². The van der Waals surface area contributed by atoms with Crippen molar-refractivity contribution in [1.29, 1.82) is 0 Å². The maximum atomic E-state index is 13.9. The molecule has 1 aromatic rings. The van der Waals surface area contributed by atoms with Crippen molar-refractivity contribution in [1.82, 2.24) is 14.5 Å². The molecule has 2 atom stereocenters. The number of rotatable bonds is 4. The standard InChI is InChI=1S/C17H22FN3O4S/c1-11(2)9-13-17(23)21-8-7-20(10-14(21)16(22)19-13)26(24,25)15-6-4-3-5-12(15)18/h3-6,11,13-14H,7-10H2,1-2H3,(H,19,22)/t13-,14+/m0/s1. The minimum absolute atomic E-state index is 0.0284. The van der Waals surface area contributed by atoms with E-state index in [1.807, 2.05) is 13.8 Å². The Morgan fingerprint density at radius 1 is 1.23 bits per heavy atom. The molecule has 1 aromatic carbocycles. The first kappa shape index (κ1) is 18.8. The van der Waals surface area contributed by atoms with E-state index in [4.69, 9.17) is 0 Å². The summed E-state index contributed by atoms with van der Waals surface area (Å²) in [5.41, 5.74) is 0. The maximum absolute atomic E-state index is 13.9. The van der Waals surface area contributed by atoms with Crippen LogP contribution >= 0.6 is 0 Å². The van der Waals surface area contributed by atoms with Crippen molar-refractivity contribution in [2.75, 3.05) is 19.6 Å². The van der Waals surface area contributed by atoms with Gasteiger partial charge in [-0.15, -0.1) is 0 Å². The number of hydrogen-bond donors (Lipinski definition) is 1. The Hall–Kier alpha value is -2.00. The highest BCUT2D eigenvalue weighted by Crippen LogP contribution is 2.25. The number of piperazine rings is 2. The van der Waals surface area contributed by atoms with Gasteiger partial charge in [-0.1, -0.05) is 26.0 Å². The molecule has 0 saturated carbocycles. The van der Waals surface area contributed by atoms with Gasteiger partial charge < -0.3 is 10.2 Å². The van der Waals surface area contributed by atoms with Gasteiger partial charge in [0, 0.05) is 19.6 Å². The van der Waals surface area contributed by atoms with E-state index < -0.39 is 32.8 Å². The van der Waals surface area contributed by atoms with Crippen LogP contribution in [0.25, 0.3) is 0 Å². The summed E-state index contributed by atoms with van der Waals surface area (Å²) in [4.78, 5) is 26.1. The minimum Gasteiger partial charge on any atom is -0.342 e. The van der Waals surface area contributed by atoms with Gasteiger partial charge in [-0.05, 0) is 24.5 Å². The van der Waals surface area contributed by atoms with Crippen LogP contribution in [0.15, 0.2) is 29.2 Å². The Morgan fingerprint density at radius 2 is 1.92 bits per heavy atom. The lowest BCUT2D eigenvalue weighted by Gasteiger charge is -2.45. The van der Waals surface area contributed by atoms with Gasteiger partial charge in [0.1, 0.15) is 22.8 Å². The third-order valence-corrected chi connectivity index (χ3v) is 6.60. The summed E-state index contributed by atoms with van der Waals surface area (Å²) in [6.07, 6.45) is 0.533. The van der Waals surface area contributed by atoms with Gasteiger partial charge in [-0.2, -0.15) is 4.31 Å². The van der Waals surface area contributed by atoms with Gasteiger partial charge >= 0.3 is 0 Å². The van der Waals surface area contributed by atoms with E-state index in [0.29, 0.717) is 6.42 Å². The van der Waals surface area contributed by atoms with E-state index in [0.717, 1.165) is 10.4 Å². The smallest absolute Gasteiger partial charge is 0.246 e. The molecule has 2 heterocycles. The molecule has 7 nitrogen and oxygen atoms in total. The van der Waals surface area contributed by atoms with E-state index >= 15 is 0 Å². The lowest BCUT2D eigenvalue weighted by atomic mass is 9.97. The van der Waals surface area contributed by atoms with Crippen LogP contribution in [0.5, 0.6) is 0 Å². The lowest BCUT2D eigenvalue weighted by molar-refractivity contribution is -0.152. The highest BCUT2D eigenvalue weighted by molar-refractivity contribution is 7.89. The lowest BCUT2D eigenvalue weighted by Crippen LogP contribution is -2.69. The Balaban J connectivity index is 1.81. The molecular weight excluding hydrogens is 361 g/mol. The summed E-state index contributed by atoms with van der Waals surface area (Å²) < 4.78 is 40.5. The molecule has 0 aromatic heterocycles. The number of nitrogens with zero attached hydrogens (tertiary/aromatic N) is 2. The number of benzene rings is 1. The predicted octanol–water partition coefficient (Wildman–Crippen LogP) is 0.572. The first-order valence-electron chi connectivity index (χ1n) is 8.57. The summed E-state index contributed by atoms with van der Waals surface area (Å²) in [5, 5.41) is 2.69. The number of carbonyl (C=O) groups excluding carboxylic acids is 2. The van der Waals surface area contributed by atoms with Crippen molar-refractivity contribution in [3.63, 3.8) is 0 Å². The summed E-state index contributed by atoms with van der Waals surface area (Å²) in [7, 11) is -4.08. The molecule has 2 aliphatic rings. The molecule has 0 spiro atoms. The summed E-state index contributed by atoms with van der Waals surface area (Å²) in [6.45, 7) is 3.89. The second-order valence-corrected chi connectivity index (χ2v) is 8.94. The summed E-state index contributed by atoms with van der Waals surface area (Å²) in [6, 6.07) is 3.67. The molecule has 2 fully saturated rings. The van der Waals surface area contributed by atoms with Gasteiger partial charge in [0.2, 0.25) is 21.8 Å². The van der Waals surface area contributed by atoms with Crippen LogP contribution in [0, 0.1) is 11.7 Å². The first-order chi connectivity index (χ1) is 12.2. The number of fused-ring (bicyclic) bond motifs is 1. The molecular formula is C17H22FN3O4S. The van der Waals surface area contributed by atoms with Gasteiger partial charge in [0.25, 0.3) is 0 Å². The predicted molar refractivity (Wildman–Crippen MR) is 92.0 cm³/mol. The minimum atomic E-state index is -4.08. The van der Waals surface area contributed by atoms with Crippen molar-refractivity contribution in [2.24, 2.45) is 5.92 Å².